The number of anilines is 2. The molecule has 0 aliphatic rings. The molecule has 0 bridgehead atoms. The number of hydrogen-bond donors (Lipinski definition) is 3. The Labute approximate surface area is 208 Å². The van der Waals surface area contributed by atoms with E-state index in [0.717, 1.165) is 12.1 Å². The molecule has 0 spiro atoms. The Balaban J connectivity index is 1.61. The van der Waals surface area contributed by atoms with Gasteiger partial charge in [-0.15, -0.1) is 0 Å². The minimum absolute atomic E-state index is 0.116. The van der Waals surface area contributed by atoms with E-state index in [2.05, 4.69) is 20.3 Å². The molecule has 2 aromatic heterocycles. The van der Waals surface area contributed by atoms with Gasteiger partial charge < -0.3 is 10.3 Å². The van der Waals surface area contributed by atoms with Crippen molar-refractivity contribution in [2.45, 2.75) is 13.3 Å². The molecule has 0 fully saturated rings. The smallest absolute Gasteiger partial charge is 0.261 e. The monoisotopic (exact) mass is 539 g/mol. The van der Waals surface area contributed by atoms with Crippen molar-refractivity contribution >= 4 is 61.7 Å². The highest BCUT2D eigenvalue weighted by molar-refractivity contribution is 7.92. The predicted octanol–water partition coefficient (Wildman–Crippen LogP) is 5.61. The minimum atomic E-state index is -3.85. The average molecular weight is 540 g/mol. The molecule has 0 unspecified atom stereocenters. The summed E-state index contributed by atoms with van der Waals surface area (Å²) in [5, 5.41) is 3.09. The first-order chi connectivity index (χ1) is 16.6. The number of benzene rings is 2. The summed E-state index contributed by atoms with van der Waals surface area (Å²) in [4.78, 5) is 24.3. The Morgan fingerprint density at radius 1 is 1.11 bits per heavy atom. The first kappa shape index (κ1) is 24.8. The van der Waals surface area contributed by atoms with Gasteiger partial charge in [0.15, 0.2) is 11.5 Å². The fraction of sp³-hybridized carbons (Fsp3) is 0.136. The average Bonchev–Trinajstić information content (AvgIpc) is 3.21. The van der Waals surface area contributed by atoms with Crippen LogP contribution in [0, 0.1) is 11.6 Å². The zero-order valence-corrected chi connectivity index (χ0v) is 20.3. The number of fused-ring (bicyclic) bond motifs is 1. The van der Waals surface area contributed by atoms with E-state index in [-0.39, 0.29) is 11.4 Å². The first-order valence-electron chi connectivity index (χ1n) is 10.2. The van der Waals surface area contributed by atoms with E-state index in [1.54, 1.807) is 25.1 Å². The fourth-order valence-electron chi connectivity index (χ4n) is 3.26. The number of H-pyrrole nitrogens is 1. The van der Waals surface area contributed by atoms with Crippen LogP contribution in [0.2, 0.25) is 10.0 Å². The lowest BCUT2D eigenvalue weighted by Gasteiger charge is -2.12. The molecule has 1 amide bonds. The maximum Gasteiger partial charge on any atom is 0.261 e. The van der Waals surface area contributed by atoms with Gasteiger partial charge in [0.1, 0.15) is 22.7 Å². The number of carbonyl (C=O) groups is 1. The Morgan fingerprint density at radius 2 is 1.89 bits per heavy atom. The van der Waals surface area contributed by atoms with Crippen LogP contribution in [0.15, 0.2) is 42.6 Å². The molecule has 182 valence electrons. The van der Waals surface area contributed by atoms with E-state index in [0.29, 0.717) is 39.0 Å². The number of hydrogen-bond acceptors (Lipinski definition) is 5. The molecule has 2 heterocycles. The molecule has 13 heteroatoms. The highest BCUT2D eigenvalue weighted by atomic mass is 35.5. The third-order valence-corrected chi connectivity index (χ3v) is 7.06. The summed E-state index contributed by atoms with van der Waals surface area (Å²) in [6, 6.07) is 8.13. The van der Waals surface area contributed by atoms with Crippen molar-refractivity contribution in [1.29, 1.82) is 0 Å². The lowest BCUT2D eigenvalue weighted by atomic mass is 10.1. The summed E-state index contributed by atoms with van der Waals surface area (Å²) in [5.74, 6) is -3.44. The summed E-state index contributed by atoms with van der Waals surface area (Å²) < 4.78 is 55.2. The number of rotatable bonds is 7. The van der Waals surface area contributed by atoms with Crippen molar-refractivity contribution in [3.05, 3.63) is 69.8 Å². The molecule has 0 saturated heterocycles. The predicted molar refractivity (Wildman–Crippen MR) is 131 cm³/mol. The number of carbonyl (C=O) groups excluding carboxylic acids is 1. The van der Waals surface area contributed by atoms with Crippen molar-refractivity contribution in [3.63, 3.8) is 0 Å². The Kier molecular flexibility index (Phi) is 6.93. The maximum atomic E-state index is 14.9. The minimum Gasteiger partial charge on any atom is -0.323 e. The zero-order chi connectivity index (χ0) is 25.3. The third kappa shape index (κ3) is 5.37. The Morgan fingerprint density at radius 3 is 2.60 bits per heavy atom. The van der Waals surface area contributed by atoms with Crippen LogP contribution in [0.4, 0.5) is 20.2 Å². The van der Waals surface area contributed by atoms with Crippen molar-refractivity contribution in [2.75, 3.05) is 15.8 Å². The van der Waals surface area contributed by atoms with Gasteiger partial charge in [0.2, 0.25) is 10.0 Å². The SMILES string of the molecule is CCCS(=O)(=O)Nc1ccc(F)c(C(=O)Nc2cnc3[nH]c(-c4ccc(Cl)c(Cl)c4)nc3c2)c1F. The number of nitrogens with zero attached hydrogens (tertiary/aromatic N) is 2. The zero-order valence-electron chi connectivity index (χ0n) is 18.0. The number of sulfonamides is 1. The molecule has 2 aromatic carbocycles. The molecule has 35 heavy (non-hydrogen) atoms. The number of imidazole rings is 1. The number of halogens is 4. The largest absolute Gasteiger partial charge is 0.323 e. The molecule has 0 atom stereocenters. The third-order valence-electron chi connectivity index (χ3n) is 4.84. The molecule has 0 aliphatic heterocycles. The molecule has 0 saturated carbocycles. The lowest BCUT2D eigenvalue weighted by molar-refractivity contribution is 0.101. The number of aromatic amines is 1. The summed E-state index contributed by atoms with van der Waals surface area (Å²) in [5.41, 5.74) is 0.0528. The molecule has 0 radical (unpaired) electrons. The van der Waals surface area contributed by atoms with Crippen molar-refractivity contribution in [3.8, 4) is 11.4 Å². The van der Waals surface area contributed by atoms with Gasteiger partial charge in [-0.1, -0.05) is 30.1 Å². The van der Waals surface area contributed by atoms with E-state index < -0.39 is 38.8 Å². The van der Waals surface area contributed by atoms with Gasteiger partial charge in [-0.05, 0) is 42.8 Å². The van der Waals surface area contributed by atoms with Crippen LogP contribution in [-0.2, 0) is 10.0 Å². The normalized spacial score (nSPS) is 11.6. The van der Waals surface area contributed by atoms with E-state index in [1.807, 2.05) is 4.72 Å². The van der Waals surface area contributed by atoms with Gasteiger partial charge in [0.05, 0.1) is 33.4 Å². The molecule has 3 N–H and O–H groups in total. The second-order valence-electron chi connectivity index (χ2n) is 7.47. The van der Waals surface area contributed by atoms with Gasteiger partial charge >= 0.3 is 0 Å². The van der Waals surface area contributed by atoms with Gasteiger partial charge in [0, 0.05) is 5.56 Å². The van der Waals surface area contributed by atoms with Crippen LogP contribution in [-0.4, -0.2) is 35.0 Å². The second-order valence-corrected chi connectivity index (χ2v) is 10.1. The Bertz CT molecular complexity index is 1560. The summed E-state index contributed by atoms with van der Waals surface area (Å²) >= 11 is 12.0. The quantitative estimate of drug-likeness (QED) is 0.282. The lowest BCUT2D eigenvalue weighted by Crippen LogP contribution is -2.20. The van der Waals surface area contributed by atoms with E-state index >= 15 is 0 Å². The van der Waals surface area contributed by atoms with Crippen LogP contribution < -0.4 is 10.0 Å². The molecule has 4 aromatic rings. The number of amides is 1. The van der Waals surface area contributed by atoms with Gasteiger partial charge in [-0.2, -0.15) is 0 Å². The van der Waals surface area contributed by atoms with Crippen molar-refractivity contribution in [2.24, 2.45) is 0 Å². The first-order valence-corrected chi connectivity index (χ1v) is 12.6. The van der Waals surface area contributed by atoms with Gasteiger partial charge in [0.25, 0.3) is 5.91 Å². The molecular weight excluding hydrogens is 523 g/mol. The Hall–Kier alpha value is -3.28. The maximum absolute atomic E-state index is 14.9. The van der Waals surface area contributed by atoms with Crippen LogP contribution in [0.1, 0.15) is 23.7 Å². The number of nitrogens with one attached hydrogen (secondary N) is 3. The molecule has 4 rings (SSSR count). The van der Waals surface area contributed by atoms with E-state index in [9.17, 15) is 22.0 Å². The van der Waals surface area contributed by atoms with Crippen LogP contribution in [0.3, 0.4) is 0 Å². The number of aromatic nitrogens is 3. The summed E-state index contributed by atoms with van der Waals surface area (Å²) in [7, 11) is -3.85. The van der Waals surface area contributed by atoms with Gasteiger partial charge in [-0.25, -0.2) is 27.2 Å². The van der Waals surface area contributed by atoms with Gasteiger partial charge in [-0.3, -0.25) is 9.52 Å². The summed E-state index contributed by atoms with van der Waals surface area (Å²) in [6.07, 6.45) is 1.57. The van der Waals surface area contributed by atoms with Crippen molar-refractivity contribution in [1.82, 2.24) is 15.0 Å². The number of pyridine rings is 1. The van der Waals surface area contributed by atoms with Crippen LogP contribution >= 0.6 is 23.2 Å². The molecular formula is C22H17Cl2F2N5O3S. The van der Waals surface area contributed by atoms with E-state index in [4.69, 9.17) is 23.2 Å². The molecule has 0 aliphatic carbocycles. The standard InChI is InChI=1S/C22H17Cl2F2N5O3S/c1-2-7-35(33,34)31-16-6-5-15(25)18(19(16)26)22(32)28-12-9-17-21(27-10-12)30-20(29-17)11-3-4-13(23)14(24)8-11/h3-6,8-10,31H,2,7H2,1H3,(H,28,32)(H,27,29,30). The van der Waals surface area contributed by atoms with Crippen LogP contribution in [0.25, 0.3) is 22.6 Å². The molecule has 8 nitrogen and oxygen atoms in total. The highest BCUT2D eigenvalue weighted by Gasteiger charge is 2.23. The summed E-state index contributed by atoms with van der Waals surface area (Å²) in [6.45, 7) is 1.64. The van der Waals surface area contributed by atoms with Crippen LogP contribution in [0.5, 0.6) is 0 Å². The second kappa shape index (κ2) is 9.76. The van der Waals surface area contributed by atoms with E-state index in [1.165, 1.54) is 12.3 Å². The highest BCUT2D eigenvalue weighted by Crippen LogP contribution is 2.29. The topological polar surface area (TPSA) is 117 Å². The fourth-order valence-corrected chi connectivity index (χ4v) is 4.69. The van der Waals surface area contributed by atoms with Crippen molar-refractivity contribution < 1.29 is 22.0 Å².